The van der Waals surface area contributed by atoms with Gasteiger partial charge in [0.2, 0.25) is 0 Å². The van der Waals surface area contributed by atoms with Gasteiger partial charge in [-0.1, -0.05) is 18.6 Å². The molecule has 0 unspecified atom stereocenters. The van der Waals surface area contributed by atoms with Crippen molar-refractivity contribution in [2.24, 2.45) is 0 Å². The predicted molar refractivity (Wildman–Crippen MR) is 79.3 cm³/mol. The number of piperidine rings is 1. The lowest BCUT2D eigenvalue weighted by atomic mass is 9.94. The lowest BCUT2D eigenvalue weighted by molar-refractivity contribution is -0.137. The molecule has 0 bridgehead atoms. The third-order valence-electron chi connectivity index (χ3n) is 3.99. The van der Waals surface area contributed by atoms with Crippen molar-refractivity contribution in [2.45, 2.75) is 31.5 Å². The zero-order chi connectivity index (χ0) is 16.4. The number of hydrogen-bond acceptors (Lipinski definition) is 3. The molecule has 124 valence electrons. The highest BCUT2D eigenvalue weighted by Crippen LogP contribution is 2.34. The van der Waals surface area contributed by atoms with E-state index >= 15 is 0 Å². The molecule has 0 saturated carbocycles. The number of benzene rings is 1. The quantitative estimate of drug-likeness (QED) is 0.847. The van der Waals surface area contributed by atoms with E-state index in [-0.39, 0.29) is 11.8 Å². The molecule has 1 fully saturated rings. The first-order valence-corrected chi connectivity index (χ1v) is 9.32. The molecule has 3 nitrogen and oxygen atoms in total. The van der Waals surface area contributed by atoms with Crippen LogP contribution < -0.4 is 0 Å². The second-order valence-electron chi connectivity index (χ2n) is 5.80. The Labute approximate surface area is 129 Å². The lowest BCUT2D eigenvalue weighted by Gasteiger charge is -2.36. The van der Waals surface area contributed by atoms with Gasteiger partial charge in [-0.05, 0) is 37.1 Å². The third kappa shape index (κ3) is 4.71. The first-order chi connectivity index (χ1) is 10.2. The number of hydrogen-bond donors (Lipinski definition) is 0. The van der Waals surface area contributed by atoms with Gasteiger partial charge in [0.25, 0.3) is 0 Å². The highest BCUT2D eigenvalue weighted by molar-refractivity contribution is 7.90. The van der Waals surface area contributed by atoms with Gasteiger partial charge in [-0.2, -0.15) is 13.2 Å². The van der Waals surface area contributed by atoms with Gasteiger partial charge in [-0.3, -0.25) is 4.90 Å². The maximum atomic E-state index is 12.6. The molecule has 1 heterocycles. The van der Waals surface area contributed by atoms with E-state index in [1.807, 2.05) is 0 Å². The van der Waals surface area contributed by atoms with Gasteiger partial charge in [-0.25, -0.2) is 8.42 Å². The van der Waals surface area contributed by atoms with Crippen molar-refractivity contribution >= 4 is 9.84 Å². The van der Waals surface area contributed by atoms with Crippen LogP contribution in [-0.4, -0.2) is 38.4 Å². The molecule has 7 heteroatoms. The van der Waals surface area contributed by atoms with Gasteiger partial charge in [0.1, 0.15) is 9.84 Å². The zero-order valence-electron chi connectivity index (χ0n) is 12.4. The Kier molecular flexibility index (Phi) is 5.17. The molecule has 0 N–H and O–H groups in total. The molecule has 2 rings (SSSR count). The Balaban J connectivity index is 2.13. The summed E-state index contributed by atoms with van der Waals surface area (Å²) in [6.45, 7) is 1.20. The van der Waals surface area contributed by atoms with Crippen LogP contribution in [0.4, 0.5) is 13.2 Å². The normalized spacial score (nSPS) is 21.0. The predicted octanol–water partition coefficient (Wildman–Crippen LogP) is 3.28. The summed E-state index contributed by atoms with van der Waals surface area (Å²) < 4.78 is 60.5. The number of likely N-dealkylation sites (tertiary alicyclic amines) is 1. The van der Waals surface area contributed by atoms with E-state index in [0.717, 1.165) is 43.5 Å². The zero-order valence-corrected chi connectivity index (χ0v) is 13.3. The fourth-order valence-electron chi connectivity index (χ4n) is 2.81. The van der Waals surface area contributed by atoms with Crippen molar-refractivity contribution in [1.29, 1.82) is 0 Å². The Morgan fingerprint density at radius 1 is 1.18 bits per heavy atom. The molecule has 1 aromatic rings. The van der Waals surface area contributed by atoms with Crippen molar-refractivity contribution in [3.63, 3.8) is 0 Å². The second-order valence-corrected chi connectivity index (χ2v) is 8.06. The molecule has 1 aromatic carbocycles. The molecule has 0 amide bonds. The number of sulfone groups is 1. The standard InChI is InChI=1S/C15H20F3NO2S/c1-22(20,21)11-10-19-9-3-2-4-14(19)12-5-7-13(8-6-12)15(16,17)18/h5-8,14H,2-4,9-11H2,1H3/t14-/m0/s1. The fraction of sp³-hybridized carbons (Fsp3) is 0.600. The minimum absolute atomic E-state index is 0.00205. The monoisotopic (exact) mass is 335 g/mol. The van der Waals surface area contributed by atoms with Crippen LogP contribution in [0.3, 0.4) is 0 Å². The average Bonchev–Trinajstić information content (AvgIpc) is 2.44. The summed E-state index contributed by atoms with van der Waals surface area (Å²) in [4.78, 5) is 2.06. The van der Waals surface area contributed by atoms with Crippen molar-refractivity contribution < 1.29 is 21.6 Å². The summed E-state index contributed by atoms with van der Waals surface area (Å²) >= 11 is 0. The second kappa shape index (κ2) is 6.58. The maximum absolute atomic E-state index is 12.6. The van der Waals surface area contributed by atoms with Gasteiger partial charge < -0.3 is 0 Å². The Bertz CT molecular complexity index is 596. The highest BCUT2D eigenvalue weighted by Gasteiger charge is 2.31. The Morgan fingerprint density at radius 3 is 2.36 bits per heavy atom. The third-order valence-corrected chi connectivity index (χ3v) is 4.91. The lowest BCUT2D eigenvalue weighted by Crippen LogP contribution is -2.36. The number of nitrogens with zero attached hydrogens (tertiary/aromatic N) is 1. The minimum atomic E-state index is -4.33. The van der Waals surface area contributed by atoms with Crippen LogP contribution in [0.2, 0.25) is 0 Å². The molecular weight excluding hydrogens is 315 g/mol. The van der Waals surface area contributed by atoms with E-state index in [4.69, 9.17) is 0 Å². The summed E-state index contributed by atoms with van der Waals surface area (Å²) in [5, 5.41) is 0. The van der Waals surface area contributed by atoms with E-state index in [0.29, 0.717) is 6.54 Å². The van der Waals surface area contributed by atoms with Crippen LogP contribution in [-0.2, 0) is 16.0 Å². The summed E-state index contributed by atoms with van der Waals surface area (Å²) in [7, 11) is -3.05. The van der Waals surface area contributed by atoms with E-state index in [9.17, 15) is 21.6 Å². The van der Waals surface area contributed by atoms with Crippen LogP contribution in [0.1, 0.15) is 36.4 Å². The number of rotatable bonds is 4. The van der Waals surface area contributed by atoms with Gasteiger partial charge in [-0.15, -0.1) is 0 Å². The van der Waals surface area contributed by atoms with Crippen molar-refractivity contribution in [2.75, 3.05) is 25.1 Å². The minimum Gasteiger partial charge on any atom is -0.295 e. The number of halogens is 3. The van der Waals surface area contributed by atoms with Crippen LogP contribution in [0.15, 0.2) is 24.3 Å². The first kappa shape index (κ1) is 17.3. The van der Waals surface area contributed by atoms with E-state index in [1.54, 1.807) is 0 Å². The van der Waals surface area contributed by atoms with Crippen LogP contribution in [0.5, 0.6) is 0 Å². The van der Waals surface area contributed by atoms with Crippen molar-refractivity contribution in [3.8, 4) is 0 Å². The molecule has 1 saturated heterocycles. The van der Waals surface area contributed by atoms with Crippen LogP contribution in [0, 0.1) is 0 Å². The van der Waals surface area contributed by atoms with Crippen molar-refractivity contribution in [3.05, 3.63) is 35.4 Å². The molecule has 1 atom stereocenters. The molecule has 1 aliphatic rings. The van der Waals surface area contributed by atoms with Gasteiger partial charge in [0.05, 0.1) is 11.3 Å². The Hall–Kier alpha value is -1.08. The van der Waals surface area contributed by atoms with Crippen LogP contribution in [0.25, 0.3) is 0 Å². The van der Waals surface area contributed by atoms with E-state index in [1.165, 1.54) is 18.4 Å². The van der Waals surface area contributed by atoms with Gasteiger partial charge >= 0.3 is 6.18 Å². The molecule has 0 aliphatic carbocycles. The number of alkyl halides is 3. The molecule has 22 heavy (non-hydrogen) atoms. The summed E-state index contributed by atoms with van der Waals surface area (Å²) in [6.07, 6.45) is -0.303. The molecule has 0 spiro atoms. The van der Waals surface area contributed by atoms with Crippen molar-refractivity contribution in [1.82, 2.24) is 4.90 Å². The average molecular weight is 335 g/mol. The summed E-state index contributed by atoms with van der Waals surface area (Å²) in [6, 6.07) is 5.20. The SMILES string of the molecule is CS(=O)(=O)CCN1CCCC[C@H]1c1ccc(C(F)(F)F)cc1. The highest BCUT2D eigenvalue weighted by atomic mass is 32.2. The maximum Gasteiger partial charge on any atom is 0.416 e. The van der Waals surface area contributed by atoms with Gasteiger partial charge in [0.15, 0.2) is 0 Å². The Morgan fingerprint density at radius 2 is 1.82 bits per heavy atom. The van der Waals surface area contributed by atoms with Crippen LogP contribution >= 0.6 is 0 Å². The molecule has 0 radical (unpaired) electrons. The summed E-state index contributed by atoms with van der Waals surface area (Å²) in [5.74, 6) is 0.0735. The van der Waals surface area contributed by atoms with Gasteiger partial charge in [0, 0.05) is 18.8 Å². The van der Waals surface area contributed by atoms with E-state index < -0.39 is 21.6 Å². The smallest absolute Gasteiger partial charge is 0.295 e. The molecule has 0 aromatic heterocycles. The largest absolute Gasteiger partial charge is 0.416 e. The first-order valence-electron chi connectivity index (χ1n) is 7.26. The molecule has 1 aliphatic heterocycles. The topological polar surface area (TPSA) is 37.4 Å². The molecular formula is C15H20F3NO2S. The van der Waals surface area contributed by atoms with E-state index in [2.05, 4.69) is 4.90 Å². The fourth-order valence-corrected chi connectivity index (χ4v) is 3.38. The summed E-state index contributed by atoms with van der Waals surface area (Å²) in [5.41, 5.74) is 0.163.